The molecule has 1 aromatic carbocycles. The number of methoxy groups -OCH3 is 1. The number of Topliss-reactive ketones (excluding diaryl/α,β-unsaturated/α-hetero) is 1. The smallest absolute Gasteiger partial charge is 0.220 e. The van der Waals surface area contributed by atoms with Crippen LogP contribution < -0.4 is 10.1 Å². The molecule has 0 spiro atoms. The number of nitrogens with one attached hydrogen (secondary N) is 1. The zero-order valence-corrected chi connectivity index (χ0v) is 15.2. The molecule has 0 fully saturated rings. The van der Waals surface area contributed by atoms with Crippen LogP contribution in [0.1, 0.15) is 51.7 Å². The molecule has 0 radical (unpaired) electrons. The second-order valence-corrected chi connectivity index (χ2v) is 7.02. The van der Waals surface area contributed by atoms with E-state index in [1.807, 2.05) is 20.8 Å². The molecule has 1 amide bonds. The van der Waals surface area contributed by atoms with Crippen molar-refractivity contribution < 1.29 is 14.3 Å². The number of aromatic nitrogens is 1. The van der Waals surface area contributed by atoms with Crippen molar-refractivity contribution in [1.82, 2.24) is 10.3 Å². The lowest BCUT2D eigenvalue weighted by atomic mass is 10.1. The monoisotopic (exact) mass is 346 g/mol. The number of aryl methyl sites for hydroxylation is 2. The predicted molar refractivity (Wildman–Crippen MR) is 94.7 cm³/mol. The number of ketones is 1. The standard InChI is InChI=1S/C18H22N2O3S/c1-11(18-12(2)24-13(3)20-18)19-17(22)10-9-16(21)14-5-7-15(23-4)8-6-14/h5-8,11H,9-10H2,1-4H3,(H,19,22). The van der Waals surface area contributed by atoms with Gasteiger partial charge in [-0.15, -0.1) is 11.3 Å². The maximum atomic E-state index is 12.1. The van der Waals surface area contributed by atoms with Gasteiger partial charge < -0.3 is 10.1 Å². The quantitative estimate of drug-likeness (QED) is 0.778. The van der Waals surface area contributed by atoms with Crippen molar-refractivity contribution in [3.8, 4) is 5.75 Å². The molecule has 0 aliphatic carbocycles. The highest BCUT2D eigenvalue weighted by Crippen LogP contribution is 2.22. The van der Waals surface area contributed by atoms with Crippen LogP contribution in [0.5, 0.6) is 5.75 Å². The molecule has 0 aliphatic rings. The Bertz CT molecular complexity index is 722. The third-order valence-corrected chi connectivity index (χ3v) is 4.62. The van der Waals surface area contributed by atoms with Crippen molar-refractivity contribution in [2.75, 3.05) is 7.11 Å². The molecule has 128 valence electrons. The van der Waals surface area contributed by atoms with Crippen molar-refractivity contribution in [2.45, 2.75) is 39.7 Å². The highest BCUT2D eigenvalue weighted by atomic mass is 32.1. The summed E-state index contributed by atoms with van der Waals surface area (Å²) in [7, 11) is 1.58. The summed E-state index contributed by atoms with van der Waals surface area (Å²) in [6, 6.07) is 6.75. The third-order valence-electron chi connectivity index (χ3n) is 3.72. The fourth-order valence-corrected chi connectivity index (χ4v) is 3.39. The molecule has 1 N–H and O–H groups in total. The van der Waals surface area contributed by atoms with E-state index in [0.717, 1.165) is 15.6 Å². The molecule has 5 nitrogen and oxygen atoms in total. The SMILES string of the molecule is COc1ccc(C(=O)CCC(=O)NC(C)c2nc(C)sc2C)cc1. The Hall–Kier alpha value is -2.21. The van der Waals surface area contributed by atoms with Crippen molar-refractivity contribution in [2.24, 2.45) is 0 Å². The van der Waals surface area contributed by atoms with Crippen LogP contribution in [0, 0.1) is 13.8 Å². The molecule has 0 saturated carbocycles. The Kier molecular flexibility index (Phi) is 6.09. The zero-order valence-electron chi connectivity index (χ0n) is 14.4. The molecule has 0 saturated heterocycles. The minimum atomic E-state index is -0.154. The molecule has 6 heteroatoms. The van der Waals surface area contributed by atoms with Crippen molar-refractivity contribution >= 4 is 23.0 Å². The van der Waals surface area contributed by atoms with Crippen LogP contribution in [0.25, 0.3) is 0 Å². The largest absolute Gasteiger partial charge is 0.497 e. The van der Waals surface area contributed by atoms with E-state index in [1.165, 1.54) is 0 Å². The van der Waals surface area contributed by atoms with E-state index in [9.17, 15) is 9.59 Å². The van der Waals surface area contributed by atoms with Crippen molar-refractivity contribution in [3.63, 3.8) is 0 Å². The Morgan fingerprint density at radius 2 is 1.88 bits per heavy atom. The Labute approximate surface area is 146 Å². The molecule has 1 unspecified atom stereocenters. The summed E-state index contributed by atoms with van der Waals surface area (Å²) in [5.41, 5.74) is 1.48. The number of thiazole rings is 1. The van der Waals surface area contributed by atoms with Crippen LogP contribution in [0.15, 0.2) is 24.3 Å². The maximum Gasteiger partial charge on any atom is 0.220 e. The summed E-state index contributed by atoms with van der Waals surface area (Å²) in [6.07, 6.45) is 0.345. The third kappa shape index (κ3) is 4.64. The van der Waals surface area contributed by atoms with E-state index < -0.39 is 0 Å². The second kappa shape index (κ2) is 8.06. The molecule has 2 rings (SSSR count). The van der Waals surface area contributed by atoms with Crippen molar-refractivity contribution in [3.05, 3.63) is 45.4 Å². The first kappa shape index (κ1) is 18.1. The van der Waals surface area contributed by atoms with E-state index in [2.05, 4.69) is 10.3 Å². The van der Waals surface area contributed by atoms with Crippen LogP contribution >= 0.6 is 11.3 Å². The predicted octanol–water partition coefficient (Wildman–Crippen LogP) is 3.61. The lowest BCUT2D eigenvalue weighted by Crippen LogP contribution is -2.27. The fraction of sp³-hybridized carbons (Fsp3) is 0.389. The molecule has 1 atom stereocenters. The topological polar surface area (TPSA) is 68.3 Å². The number of benzene rings is 1. The van der Waals surface area contributed by atoms with Crippen LogP contribution in [0.4, 0.5) is 0 Å². The van der Waals surface area contributed by atoms with Gasteiger partial charge in [-0.2, -0.15) is 0 Å². The van der Waals surface area contributed by atoms with Gasteiger partial charge in [0.05, 0.1) is 23.9 Å². The van der Waals surface area contributed by atoms with E-state index in [0.29, 0.717) is 11.3 Å². The number of amides is 1. The molecule has 1 aromatic heterocycles. The Morgan fingerprint density at radius 1 is 1.21 bits per heavy atom. The molecular weight excluding hydrogens is 324 g/mol. The van der Waals surface area contributed by atoms with E-state index in [4.69, 9.17) is 4.74 Å². The fourth-order valence-electron chi connectivity index (χ4n) is 2.48. The van der Waals surface area contributed by atoms with Gasteiger partial charge in [0.15, 0.2) is 5.78 Å². The number of hydrogen-bond donors (Lipinski definition) is 1. The Balaban J connectivity index is 1.85. The van der Waals surface area contributed by atoms with Crippen LogP contribution in [0.2, 0.25) is 0 Å². The number of hydrogen-bond acceptors (Lipinski definition) is 5. The summed E-state index contributed by atoms with van der Waals surface area (Å²) in [5.74, 6) is 0.502. The zero-order chi connectivity index (χ0) is 17.7. The number of carbonyl (C=O) groups excluding carboxylic acids is 2. The molecule has 1 heterocycles. The first-order valence-corrected chi connectivity index (χ1v) is 8.63. The summed E-state index contributed by atoms with van der Waals surface area (Å²) < 4.78 is 5.06. The number of nitrogens with zero attached hydrogens (tertiary/aromatic N) is 1. The van der Waals surface area contributed by atoms with Crippen LogP contribution in [-0.2, 0) is 4.79 Å². The summed E-state index contributed by atoms with van der Waals surface area (Å²) in [5, 5.41) is 3.89. The Morgan fingerprint density at radius 3 is 2.42 bits per heavy atom. The van der Waals surface area contributed by atoms with Gasteiger partial charge in [0.2, 0.25) is 5.91 Å². The van der Waals surface area contributed by atoms with Gasteiger partial charge >= 0.3 is 0 Å². The van der Waals surface area contributed by atoms with Gasteiger partial charge in [0.1, 0.15) is 5.75 Å². The van der Waals surface area contributed by atoms with Gasteiger partial charge in [0, 0.05) is 23.3 Å². The number of ether oxygens (including phenoxy) is 1. The molecule has 0 aliphatic heterocycles. The van der Waals surface area contributed by atoms with E-state index in [-0.39, 0.29) is 30.6 Å². The van der Waals surface area contributed by atoms with Gasteiger partial charge in [-0.1, -0.05) is 0 Å². The van der Waals surface area contributed by atoms with Gasteiger partial charge in [-0.3, -0.25) is 9.59 Å². The molecular formula is C18H22N2O3S. The van der Waals surface area contributed by atoms with E-state index in [1.54, 1.807) is 42.7 Å². The highest BCUT2D eigenvalue weighted by Gasteiger charge is 2.16. The highest BCUT2D eigenvalue weighted by molar-refractivity contribution is 7.11. The first-order chi connectivity index (χ1) is 11.4. The number of rotatable bonds is 7. The number of carbonyl (C=O) groups is 2. The van der Waals surface area contributed by atoms with Crippen molar-refractivity contribution in [1.29, 1.82) is 0 Å². The molecule has 0 bridgehead atoms. The molecule has 2 aromatic rings. The summed E-state index contributed by atoms with van der Waals surface area (Å²) >= 11 is 1.62. The second-order valence-electron chi connectivity index (χ2n) is 5.62. The van der Waals surface area contributed by atoms with Crippen LogP contribution in [0.3, 0.4) is 0 Å². The van der Waals surface area contributed by atoms with Gasteiger partial charge in [0.25, 0.3) is 0 Å². The minimum absolute atomic E-state index is 0.0545. The van der Waals surface area contributed by atoms with Gasteiger partial charge in [-0.25, -0.2) is 4.98 Å². The van der Waals surface area contributed by atoms with E-state index >= 15 is 0 Å². The average Bonchev–Trinajstić information content (AvgIpc) is 2.91. The summed E-state index contributed by atoms with van der Waals surface area (Å²) in [6.45, 7) is 5.85. The van der Waals surface area contributed by atoms with Crippen LogP contribution in [-0.4, -0.2) is 23.8 Å². The first-order valence-electron chi connectivity index (χ1n) is 7.81. The minimum Gasteiger partial charge on any atom is -0.497 e. The lowest BCUT2D eigenvalue weighted by molar-refractivity contribution is -0.121. The normalized spacial score (nSPS) is 11.8. The molecule has 24 heavy (non-hydrogen) atoms. The lowest BCUT2D eigenvalue weighted by Gasteiger charge is -2.12. The summed E-state index contributed by atoms with van der Waals surface area (Å²) in [4.78, 5) is 29.8. The van der Waals surface area contributed by atoms with Gasteiger partial charge in [-0.05, 0) is 45.0 Å². The maximum absolute atomic E-state index is 12.1. The average molecular weight is 346 g/mol.